The maximum absolute atomic E-state index is 7.77. The van der Waals surface area contributed by atoms with E-state index in [1.807, 2.05) is 24.3 Å². The van der Waals surface area contributed by atoms with Crippen molar-refractivity contribution in [3.05, 3.63) is 168 Å². The normalized spacial score (nSPS) is 12.8. The minimum atomic E-state index is -2.11. The Bertz CT molecular complexity index is 3320. The zero-order valence-electron chi connectivity index (χ0n) is 38.9. The second kappa shape index (κ2) is 16.7. The molecule has 0 spiro atoms. The maximum Gasteiger partial charge on any atom is 0.121 e. The Morgan fingerprint density at radius 2 is 1.43 bits per heavy atom. The molecule has 0 saturated heterocycles. The van der Waals surface area contributed by atoms with E-state index in [0.717, 1.165) is 55.1 Å². The number of aryl methyl sites for hydroxylation is 2. The van der Waals surface area contributed by atoms with Gasteiger partial charge >= 0.3 is 0 Å². The van der Waals surface area contributed by atoms with Crippen LogP contribution in [0, 0.1) is 25.9 Å². The van der Waals surface area contributed by atoms with Crippen molar-refractivity contribution in [1.29, 1.82) is 0 Å². The van der Waals surface area contributed by atoms with Crippen LogP contribution in [-0.4, -0.2) is 22.6 Å². The molecular formula is C55H51IrN3OSi-2. The van der Waals surface area contributed by atoms with Crippen molar-refractivity contribution in [3.63, 3.8) is 0 Å². The summed E-state index contributed by atoms with van der Waals surface area (Å²) in [6.07, 6.45) is 1.74. The van der Waals surface area contributed by atoms with Crippen molar-refractivity contribution in [3.8, 4) is 28.3 Å². The molecule has 0 aliphatic heterocycles. The molecule has 0 bridgehead atoms. The molecule has 0 atom stereocenters. The SMILES string of the molecule is Cc1cc(C(C)C)c(-n2c(-c3[c-]ccc4c3oc3cc5ccc6ccccc6c5cc34)nc3ccccc32)c(C(C)C)c1.[2H]C([2H])([2H])c1cc(-c2[c-]cccc2)ncc1[Si](C)(C)C.[Ir]. The Kier molecular flexibility index (Phi) is 10.5. The number of benzene rings is 7. The summed E-state index contributed by atoms with van der Waals surface area (Å²) in [6.45, 7) is 15.6. The first-order valence-corrected chi connectivity index (χ1v) is 24.4. The molecule has 4 nitrogen and oxygen atoms in total. The molecule has 0 aliphatic carbocycles. The van der Waals surface area contributed by atoms with Gasteiger partial charge in [-0.3, -0.25) is 4.98 Å². The monoisotopic (exact) mass is 993 g/mol. The van der Waals surface area contributed by atoms with E-state index in [1.54, 1.807) is 18.3 Å². The average molecular weight is 993 g/mol. The van der Waals surface area contributed by atoms with Crippen LogP contribution >= 0.6 is 0 Å². The smallest absolute Gasteiger partial charge is 0.121 e. The summed E-state index contributed by atoms with van der Waals surface area (Å²) in [6, 6.07) is 50.5. The van der Waals surface area contributed by atoms with E-state index in [2.05, 4.69) is 167 Å². The van der Waals surface area contributed by atoms with Crippen molar-refractivity contribution in [2.45, 2.75) is 72.9 Å². The summed E-state index contributed by atoms with van der Waals surface area (Å²) in [7, 11) is -1.74. The molecule has 3 aromatic heterocycles. The van der Waals surface area contributed by atoms with Crippen LogP contribution in [0.25, 0.3) is 82.8 Å². The topological polar surface area (TPSA) is 43.9 Å². The van der Waals surface area contributed by atoms with Crippen LogP contribution in [-0.2, 0) is 20.1 Å². The number of imidazole rings is 1. The zero-order chi connectivity index (χ0) is 44.4. The van der Waals surface area contributed by atoms with Gasteiger partial charge in [0.15, 0.2) is 0 Å². The number of rotatable bonds is 6. The predicted octanol–water partition coefficient (Wildman–Crippen LogP) is 14.7. The van der Waals surface area contributed by atoms with Crippen LogP contribution < -0.4 is 5.19 Å². The van der Waals surface area contributed by atoms with Gasteiger partial charge in [-0.05, 0) is 93.4 Å². The molecule has 7 aromatic carbocycles. The largest absolute Gasteiger partial charge is 0.501 e. The van der Waals surface area contributed by atoms with Crippen LogP contribution in [0.1, 0.15) is 65.9 Å². The Balaban J connectivity index is 0.000000225. The minimum absolute atomic E-state index is 0. The number of aromatic nitrogens is 3. The molecule has 10 rings (SSSR count). The summed E-state index contributed by atoms with van der Waals surface area (Å²) in [5.74, 6) is 1.54. The minimum Gasteiger partial charge on any atom is -0.501 e. The van der Waals surface area contributed by atoms with Crippen LogP contribution in [0.2, 0.25) is 19.6 Å². The van der Waals surface area contributed by atoms with Gasteiger partial charge in [-0.2, -0.15) is 0 Å². The fraction of sp³-hybridized carbons (Fsp3) is 0.200. The number of fused-ring (bicyclic) bond motifs is 7. The third-order valence-corrected chi connectivity index (χ3v) is 13.6. The number of para-hydroxylation sites is 2. The molecule has 0 saturated carbocycles. The first-order valence-electron chi connectivity index (χ1n) is 22.4. The van der Waals surface area contributed by atoms with E-state index in [0.29, 0.717) is 23.1 Å². The molecule has 0 amide bonds. The van der Waals surface area contributed by atoms with Gasteiger partial charge < -0.3 is 14.0 Å². The summed E-state index contributed by atoms with van der Waals surface area (Å²) in [5.41, 5.74) is 11.7. The molecule has 61 heavy (non-hydrogen) atoms. The first-order chi connectivity index (χ1) is 30.1. The Morgan fingerprint density at radius 3 is 2.15 bits per heavy atom. The van der Waals surface area contributed by atoms with Crippen molar-refractivity contribution in [2.75, 3.05) is 0 Å². The van der Waals surface area contributed by atoms with Crippen molar-refractivity contribution in [2.24, 2.45) is 0 Å². The van der Waals surface area contributed by atoms with Crippen molar-refractivity contribution >= 4 is 67.8 Å². The van der Waals surface area contributed by atoms with Gasteiger partial charge in [0, 0.05) is 41.5 Å². The van der Waals surface area contributed by atoms with Gasteiger partial charge in [0.1, 0.15) is 5.58 Å². The molecule has 0 fully saturated rings. The second-order valence-electron chi connectivity index (χ2n) is 17.6. The quantitative estimate of drug-likeness (QED) is 0.0947. The van der Waals surface area contributed by atoms with Gasteiger partial charge in [-0.25, -0.2) is 0 Å². The molecule has 6 heteroatoms. The van der Waals surface area contributed by atoms with E-state index in [-0.39, 0.29) is 20.1 Å². The van der Waals surface area contributed by atoms with Crippen LogP contribution in [0.4, 0.5) is 0 Å². The summed E-state index contributed by atoms with van der Waals surface area (Å²) >= 11 is 0. The molecule has 307 valence electrons. The van der Waals surface area contributed by atoms with Gasteiger partial charge in [0.05, 0.1) is 30.5 Å². The summed E-state index contributed by atoms with van der Waals surface area (Å²) in [4.78, 5) is 9.71. The fourth-order valence-electron chi connectivity index (χ4n) is 8.55. The van der Waals surface area contributed by atoms with Crippen molar-refractivity contribution < 1.29 is 28.6 Å². The molecule has 0 N–H and O–H groups in total. The third-order valence-electron chi connectivity index (χ3n) is 11.6. The number of pyridine rings is 1. The molecule has 0 aliphatic rings. The average Bonchev–Trinajstić information content (AvgIpc) is 3.83. The van der Waals surface area contributed by atoms with Crippen LogP contribution in [0.5, 0.6) is 0 Å². The van der Waals surface area contributed by atoms with Gasteiger partial charge in [0.25, 0.3) is 0 Å². The standard InChI is InChI=1S/C40H33N2O.C15H18NSi.Ir/c1-23(2)31-19-25(5)20-32(24(3)4)38(31)42-36-16-9-8-15-35(36)41-40(42)30-14-10-13-29-34-22-33-27(21-37(34)43-39(29)30)18-17-26-11-6-7-12-28(26)33;1-12-10-14(13-8-6-5-7-9-13)16-11-15(12)17(2,3)4;/h6-13,15-24H,1-5H3;5-8,10-11H,1-4H3;/q2*-1;/i;1D3;. The van der Waals surface area contributed by atoms with E-state index in [4.69, 9.17) is 13.5 Å². The number of hydrogen-bond donors (Lipinski definition) is 0. The predicted molar refractivity (Wildman–Crippen MR) is 257 cm³/mol. The number of nitrogens with zero attached hydrogens (tertiary/aromatic N) is 3. The third kappa shape index (κ3) is 7.78. The second-order valence-corrected chi connectivity index (χ2v) is 22.6. The van der Waals surface area contributed by atoms with Crippen LogP contribution in [0.15, 0.2) is 138 Å². The molecular weight excluding hydrogens is 939 g/mol. The molecule has 3 heterocycles. The Morgan fingerprint density at radius 1 is 0.705 bits per heavy atom. The summed E-state index contributed by atoms with van der Waals surface area (Å²) in [5, 5.41) is 7.99. The number of furan rings is 1. The van der Waals surface area contributed by atoms with E-state index >= 15 is 0 Å². The molecule has 0 unspecified atom stereocenters. The number of hydrogen-bond acceptors (Lipinski definition) is 3. The van der Waals surface area contributed by atoms with E-state index < -0.39 is 14.9 Å². The van der Waals surface area contributed by atoms with Gasteiger partial charge in [-0.1, -0.05) is 136 Å². The maximum atomic E-state index is 7.77. The van der Waals surface area contributed by atoms with Gasteiger partial charge in [0.2, 0.25) is 0 Å². The molecule has 1 radical (unpaired) electrons. The van der Waals surface area contributed by atoms with E-state index in [1.165, 1.54) is 43.9 Å². The van der Waals surface area contributed by atoms with Gasteiger partial charge in [-0.15, -0.1) is 54.1 Å². The fourth-order valence-corrected chi connectivity index (χ4v) is 9.89. The first kappa shape index (κ1) is 38.3. The molecule has 10 aromatic rings. The van der Waals surface area contributed by atoms with Crippen LogP contribution in [0.3, 0.4) is 0 Å². The van der Waals surface area contributed by atoms with Crippen molar-refractivity contribution in [1.82, 2.24) is 14.5 Å². The van der Waals surface area contributed by atoms with E-state index in [9.17, 15) is 0 Å². The zero-order valence-corrected chi connectivity index (χ0v) is 39.3. The Labute approximate surface area is 378 Å². The Hall–Kier alpha value is -5.65. The summed E-state index contributed by atoms with van der Waals surface area (Å²) < 4.78 is 32.4.